The summed E-state index contributed by atoms with van der Waals surface area (Å²) < 4.78 is 2.88. The van der Waals surface area contributed by atoms with Crippen LogP contribution in [0.3, 0.4) is 0 Å². The molecule has 3 heterocycles. The Bertz CT molecular complexity index is 2760. The average molecular weight is 841 g/mol. The molecule has 1 aromatic heterocycles. The van der Waals surface area contributed by atoms with Crippen LogP contribution in [0.1, 0.15) is 136 Å². The van der Waals surface area contributed by atoms with E-state index in [2.05, 4.69) is 223 Å². The summed E-state index contributed by atoms with van der Waals surface area (Å²) in [6.07, 6.45) is 2.41. The van der Waals surface area contributed by atoms with Crippen LogP contribution < -0.4 is 30.7 Å². The predicted molar refractivity (Wildman–Crippen MR) is 275 cm³/mol. The molecule has 2 nitrogen and oxygen atoms in total. The average Bonchev–Trinajstić information content (AvgIpc) is 3.53. The zero-order valence-electron chi connectivity index (χ0n) is 40.4. The second-order valence-electron chi connectivity index (χ2n) is 24.3. The Morgan fingerprint density at radius 1 is 0.574 bits per heavy atom. The Morgan fingerprint density at radius 3 is 1.62 bits per heavy atom. The van der Waals surface area contributed by atoms with Crippen LogP contribution in [0.15, 0.2) is 84.9 Å². The van der Waals surface area contributed by atoms with E-state index in [-0.39, 0.29) is 33.8 Å². The van der Waals surface area contributed by atoms with Crippen LogP contribution >= 0.6 is 11.3 Å². The number of fused-ring (bicyclic) bond motifs is 7. The minimum atomic E-state index is -1.84. The molecular formula is C56H69BN2SSi. The van der Waals surface area contributed by atoms with E-state index in [4.69, 9.17) is 0 Å². The zero-order chi connectivity index (χ0) is 44.1. The van der Waals surface area contributed by atoms with Crippen molar-refractivity contribution in [2.24, 2.45) is 0 Å². The SMILES string of the molecule is Cc1cc(C(C)(C)C)ccc1N1c2cc([Si](C)(C)C)cc3c2B(c2cc(C(C)(C)C)ccc2N3c2ccc(C(C)(C)C)cc2)c2sc3cc4c(cc3c21)C(C)(C)CCC4(C)C. The van der Waals surface area contributed by atoms with Gasteiger partial charge in [0, 0.05) is 43.3 Å². The number of hydrogen-bond acceptors (Lipinski definition) is 3. The van der Waals surface area contributed by atoms with Gasteiger partial charge in [0.25, 0.3) is 6.71 Å². The Kier molecular flexibility index (Phi) is 9.33. The summed E-state index contributed by atoms with van der Waals surface area (Å²) in [5, 5.41) is 2.89. The van der Waals surface area contributed by atoms with Gasteiger partial charge in [-0.15, -0.1) is 11.3 Å². The number of thiophene rings is 1. The molecule has 9 rings (SSSR count). The number of anilines is 6. The fraction of sp³-hybridized carbons (Fsp3) is 0.429. The minimum Gasteiger partial charge on any atom is -0.311 e. The molecule has 0 amide bonds. The summed E-state index contributed by atoms with van der Waals surface area (Å²) in [6.45, 7) is 41.0. The summed E-state index contributed by atoms with van der Waals surface area (Å²) in [5.74, 6) is 0. The highest BCUT2D eigenvalue weighted by atomic mass is 32.1. The number of aryl methyl sites for hydroxylation is 1. The van der Waals surface area contributed by atoms with E-state index >= 15 is 0 Å². The van der Waals surface area contributed by atoms with Gasteiger partial charge in [-0.05, 0) is 140 Å². The maximum absolute atomic E-state index is 2.74. The Hall–Kier alpha value is -4.06. The molecule has 0 spiro atoms. The van der Waals surface area contributed by atoms with Gasteiger partial charge in [-0.25, -0.2) is 0 Å². The van der Waals surface area contributed by atoms with Gasteiger partial charge in [-0.3, -0.25) is 0 Å². The largest absolute Gasteiger partial charge is 0.311 e. The standard InChI is InChI=1S/C56H69BN2SSi/c1-34-28-36(53(5,6)7)20-24-44(34)59-47-31-39(61(15,16)17)30-46-49(47)57(51-50(59)40-32-41-42(33-48(40)60-51)56(13,14)27-26-55(41,11)12)43-29-37(54(8,9)10)21-25-45(43)58(46)38-22-18-35(19-23-38)52(2,3)4/h18-25,28-33H,26-27H2,1-17H3. The molecule has 6 aromatic rings. The molecule has 1 aliphatic carbocycles. The maximum atomic E-state index is 2.74. The van der Waals surface area contributed by atoms with Gasteiger partial charge in [0.1, 0.15) is 0 Å². The Morgan fingerprint density at radius 2 is 1.08 bits per heavy atom. The van der Waals surface area contributed by atoms with Crippen molar-refractivity contribution in [2.45, 2.75) is 156 Å². The summed E-state index contributed by atoms with van der Waals surface area (Å²) in [6, 6.07) is 34.7. The summed E-state index contributed by atoms with van der Waals surface area (Å²) in [5.41, 5.74) is 19.6. The first-order chi connectivity index (χ1) is 28.2. The fourth-order valence-corrected chi connectivity index (χ4v) is 12.9. The third kappa shape index (κ3) is 6.78. The van der Waals surface area contributed by atoms with Crippen LogP contribution in [0.25, 0.3) is 10.1 Å². The van der Waals surface area contributed by atoms with Gasteiger partial charge in [0.15, 0.2) is 0 Å². The first kappa shape index (κ1) is 42.3. The lowest BCUT2D eigenvalue weighted by Gasteiger charge is -2.45. The third-order valence-electron chi connectivity index (χ3n) is 14.7. The monoisotopic (exact) mass is 841 g/mol. The van der Waals surface area contributed by atoms with Crippen molar-refractivity contribution in [1.29, 1.82) is 0 Å². The lowest BCUT2D eigenvalue weighted by Crippen LogP contribution is -2.61. The van der Waals surface area contributed by atoms with E-state index in [9.17, 15) is 0 Å². The third-order valence-corrected chi connectivity index (χ3v) is 17.9. The molecular weight excluding hydrogens is 772 g/mol. The van der Waals surface area contributed by atoms with Crippen LogP contribution in [-0.2, 0) is 27.1 Å². The maximum Gasteiger partial charge on any atom is 0.264 e. The van der Waals surface area contributed by atoms with E-state index in [0.29, 0.717) is 0 Å². The molecule has 0 atom stereocenters. The van der Waals surface area contributed by atoms with E-state index in [0.717, 1.165) is 0 Å². The second-order valence-corrected chi connectivity index (χ2v) is 30.5. The molecule has 5 aromatic carbocycles. The summed E-state index contributed by atoms with van der Waals surface area (Å²) >= 11 is 2.06. The molecule has 0 saturated heterocycles. The van der Waals surface area contributed by atoms with Crippen LogP contribution in [0.5, 0.6) is 0 Å². The molecule has 0 bridgehead atoms. The summed E-state index contributed by atoms with van der Waals surface area (Å²) in [4.78, 5) is 5.37. The van der Waals surface area contributed by atoms with Crippen molar-refractivity contribution in [3.8, 4) is 0 Å². The molecule has 2 aliphatic heterocycles. The number of hydrogen-bond donors (Lipinski definition) is 0. The quantitative estimate of drug-likeness (QED) is 0.164. The lowest BCUT2D eigenvalue weighted by molar-refractivity contribution is 0.332. The van der Waals surface area contributed by atoms with E-state index in [1.807, 2.05) is 0 Å². The smallest absolute Gasteiger partial charge is 0.264 e. The summed E-state index contributed by atoms with van der Waals surface area (Å²) in [7, 11) is -1.84. The number of benzene rings is 5. The van der Waals surface area contributed by atoms with Crippen LogP contribution in [0.4, 0.5) is 34.1 Å². The molecule has 3 aliphatic rings. The predicted octanol–water partition coefficient (Wildman–Crippen LogP) is 14.1. The fourth-order valence-electron chi connectivity index (χ4n) is 10.5. The van der Waals surface area contributed by atoms with Gasteiger partial charge < -0.3 is 9.80 Å². The highest BCUT2D eigenvalue weighted by Gasteiger charge is 2.47. The first-order valence-electron chi connectivity index (χ1n) is 22.9. The topological polar surface area (TPSA) is 6.48 Å². The lowest BCUT2D eigenvalue weighted by atomic mass is 9.36. The van der Waals surface area contributed by atoms with E-state index in [1.165, 1.54) is 111 Å². The Balaban J connectivity index is 1.44. The Labute approximate surface area is 373 Å². The second kappa shape index (κ2) is 13.5. The number of rotatable bonds is 3. The van der Waals surface area contributed by atoms with Gasteiger partial charge >= 0.3 is 0 Å². The van der Waals surface area contributed by atoms with Crippen molar-refractivity contribution >= 4 is 91.2 Å². The van der Waals surface area contributed by atoms with E-state index < -0.39 is 8.07 Å². The van der Waals surface area contributed by atoms with Crippen molar-refractivity contribution < 1.29 is 0 Å². The highest BCUT2D eigenvalue weighted by molar-refractivity contribution is 7.33. The molecule has 316 valence electrons. The van der Waals surface area contributed by atoms with Crippen molar-refractivity contribution in [3.05, 3.63) is 118 Å². The highest BCUT2D eigenvalue weighted by Crippen LogP contribution is 2.53. The van der Waals surface area contributed by atoms with Crippen LogP contribution in [-0.4, -0.2) is 14.8 Å². The number of nitrogens with zero attached hydrogens (tertiary/aromatic N) is 2. The van der Waals surface area contributed by atoms with Crippen LogP contribution in [0.2, 0.25) is 19.6 Å². The van der Waals surface area contributed by atoms with Gasteiger partial charge in [-0.1, -0.05) is 151 Å². The molecule has 0 N–H and O–H groups in total. The normalized spacial score (nSPS) is 17.0. The molecule has 0 fully saturated rings. The molecule has 0 saturated carbocycles. The van der Waals surface area contributed by atoms with E-state index in [1.54, 1.807) is 0 Å². The van der Waals surface area contributed by atoms with Crippen molar-refractivity contribution in [1.82, 2.24) is 0 Å². The van der Waals surface area contributed by atoms with Crippen LogP contribution in [0, 0.1) is 6.92 Å². The molecule has 0 radical (unpaired) electrons. The van der Waals surface area contributed by atoms with Gasteiger partial charge in [-0.2, -0.15) is 0 Å². The molecule has 61 heavy (non-hydrogen) atoms. The minimum absolute atomic E-state index is 0.00481. The van der Waals surface area contributed by atoms with Crippen molar-refractivity contribution in [3.63, 3.8) is 0 Å². The zero-order valence-corrected chi connectivity index (χ0v) is 42.2. The first-order valence-corrected chi connectivity index (χ1v) is 27.2. The molecule has 5 heteroatoms. The van der Waals surface area contributed by atoms with Crippen molar-refractivity contribution in [2.75, 3.05) is 9.80 Å². The molecule has 0 unspecified atom stereocenters. The van der Waals surface area contributed by atoms with Gasteiger partial charge in [0.2, 0.25) is 0 Å². The van der Waals surface area contributed by atoms with Gasteiger partial charge in [0.05, 0.1) is 13.8 Å².